The van der Waals surface area contributed by atoms with Gasteiger partial charge in [0.15, 0.2) is 0 Å². The maximum absolute atomic E-state index is 14.4. The first-order valence-electron chi connectivity index (χ1n) is 12.4. The van der Waals surface area contributed by atoms with E-state index in [2.05, 4.69) is 10.6 Å². The number of halogens is 8. The molecule has 0 radical (unpaired) electrons. The third kappa shape index (κ3) is 5.47. The van der Waals surface area contributed by atoms with E-state index in [4.69, 9.17) is 11.6 Å². The van der Waals surface area contributed by atoms with Crippen LogP contribution in [0.5, 0.6) is 0 Å². The van der Waals surface area contributed by atoms with Crippen LogP contribution in [-0.2, 0) is 5.67 Å². The number of aryl methyl sites for hydroxylation is 1. The van der Waals surface area contributed by atoms with Crippen LogP contribution >= 0.6 is 11.6 Å². The predicted molar refractivity (Wildman–Crippen MR) is 131 cm³/mol. The molecule has 2 saturated carbocycles. The zero-order valence-corrected chi connectivity index (χ0v) is 21.6. The minimum atomic E-state index is -6.26. The molecule has 0 saturated heterocycles. The van der Waals surface area contributed by atoms with Crippen molar-refractivity contribution < 1.29 is 40.3 Å². The predicted octanol–water partition coefficient (Wildman–Crippen LogP) is 7.89. The number of nitrogens with one attached hydrogen (secondary N) is 2. The lowest BCUT2D eigenvalue weighted by Gasteiger charge is -2.30. The monoisotopic (exact) mass is 578 g/mol. The van der Waals surface area contributed by atoms with Crippen molar-refractivity contribution in [3.63, 3.8) is 0 Å². The highest BCUT2D eigenvalue weighted by molar-refractivity contribution is 6.35. The molecular formula is C27H26ClF7N2O2. The Morgan fingerprint density at radius 2 is 1.69 bits per heavy atom. The molecule has 4 rings (SSSR count). The van der Waals surface area contributed by atoms with E-state index >= 15 is 0 Å². The molecule has 4 nitrogen and oxygen atoms in total. The number of alkyl halides is 7. The number of hydrogen-bond acceptors (Lipinski definition) is 2. The molecule has 2 fully saturated rings. The van der Waals surface area contributed by atoms with Gasteiger partial charge >= 0.3 is 18.0 Å². The highest BCUT2D eigenvalue weighted by Gasteiger charge is 2.73. The summed E-state index contributed by atoms with van der Waals surface area (Å²) in [5, 5.41) is 5.16. The minimum absolute atomic E-state index is 0.00934. The number of benzene rings is 2. The Morgan fingerprint density at radius 3 is 2.31 bits per heavy atom. The summed E-state index contributed by atoms with van der Waals surface area (Å²) >= 11 is 6.23. The van der Waals surface area contributed by atoms with Crippen LogP contribution < -0.4 is 10.6 Å². The van der Waals surface area contributed by atoms with E-state index in [9.17, 15) is 40.3 Å². The number of amides is 2. The normalized spacial score (nSPS) is 21.2. The first-order valence-corrected chi connectivity index (χ1v) is 12.8. The molecule has 0 bridgehead atoms. The first-order chi connectivity index (χ1) is 18.1. The Labute approximate surface area is 225 Å². The van der Waals surface area contributed by atoms with E-state index in [0.29, 0.717) is 24.6 Å². The molecule has 2 unspecified atom stereocenters. The summed E-state index contributed by atoms with van der Waals surface area (Å²) in [5.74, 6) is -0.765. The third-order valence-electron chi connectivity index (χ3n) is 7.88. The minimum Gasteiger partial charge on any atom is -0.352 e. The molecule has 212 valence electrons. The van der Waals surface area contributed by atoms with Crippen molar-refractivity contribution in [2.75, 3.05) is 11.9 Å². The van der Waals surface area contributed by atoms with Gasteiger partial charge in [0.2, 0.25) is 0 Å². The molecule has 0 aliphatic heterocycles. The van der Waals surface area contributed by atoms with Crippen molar-refractivity contribution in [1.82, 2.24) is 5.32 Å². The van der Waals surface area contributed by atoms with Gasteiger partial charge in [0.05, 0.1) is 16.1 Å². The van der Waals surface area contributed by atoms with Gasteiger partial charge in [-0.3, -0.25) is 9.59 Å². The van der Waals surface area contributed by atoms with Crippen molar-refractivity contribution in [2.24, 2.45) is 11.3 Å². The Morgan fingerprint density at radius 1 is 1.00 bits per heavy atom. The lowest BCUT2D eigenvalue weighted by Crippen LogP contribution is -2.50. The summed E-state index contributed by atoms with van der Waals surface area (Å²) in [5.41, 5.74) is -7.68. The number of anilines is 1. The van der Waals surface area contributed by atoms with Gasteiger partial charge in [-0.2, -0.15) is 26.3 Å². The topological polar surface area (TPSA) is 58.2 Å². The largest absolute Gasteiger partial charge is 0.435 e. The average molecular weight is 579 g/mol. The molecule has 2 N–H and O–H groups in total. The van der Waals surface area contributed by atoms with Gasteiger partial charge in [0.1, 0.15) is 0 Å². The number of fused-ring (bicyclic) bond motifs is 1. The molecular weight excluding hydrogens is 553 g/mol. The summed E-state index contributed by atoms with van der Waals surface area (Å²) in [6, 6.07) is 5.58. The first kappa shape index (κ1) is 29.2. The number of rotatable bonds is 7. The molecule has 0 aromatic heterocycles. The third-order valence-corrected chi connectivity index (χ3v) is 8.20. The number of carbonyl (C=O) groups excluding carboxylic acids is 2. The second-order valence-corrected chi connectivity index (χ2v) is 10.7. The van der Waals surface area contributed by atoms with Crippen molar-refractivity contribution in [3.8, 4) is 0 Å². The Balaban J connectivity index is 1.51. The van der Waals surface area contributed by atoms with Gasteiger partial charge in [0, 0.05) is 17.8 Å². The highest BCUT2D eigenvalue weighted by Crippen LogP contribution is 2.63. The van der Waals surface area contributed by atoms with Gasteiger partial charge in [-0.1, -0.05) is 42.6 Å². The summed E-state index contributed by atoms with van der Waals surface area (Å²) in [6.45, 7) is 1.51. The van der Waals surface area contributed by atoms with Crippen LogP contribution in [0.25, 0.3) is 0 Å². The van der Waals surface area contributed by atoms with Crippen LogP contribution in [0.15, 0.2) is 36.4 Å². The Bertz CT molecular complexity index is 1260. The van der Waals surface area contributed by atoms with Crippen LogP contribution in [0.1, 0.15) is 70.4 Å². The van der Waals surface area contributed by atoms with E-state index in [1.165, 1.54) is 37.5 Å². The quantitative estimate of drug-likeness (QED) is 0.328. The van der Waals surface area contributed by atoms with Crippen molar-refractivity contribution in [2.45, 2.75) is 63.5 Å². The second kappa shape index (κ2) is 10.3. The van der Waals surface area contributed by atoms with E-state index < -0.39 is 35.4 Å². The van der Waals surface area contributed by atoms with Crippen LogP contribution in [0.2, 0.25) is 5.02 Å². The van der Waals surface area contributed by atoms with E-state index in [0.717, 1.165) is 32.3 Å². The molecule has 2 aliphatic carbocycles. The summed E-state index contributed by atoms with van der Waals surface area (Å²) in [7, 11) is 0. The molecule has 2 atom stereocenters. The molecule has 2 aromatic carbocycles. The maximum atomic E-state index is 14.4. The average Bonchev–Trinajstić information content (AvgIpc) is 3.57. The number of hydrogen-bond donors (Lipinski definition) is 2. The fourth-order valence-electron chi connectivity index (χ4n) is 5.60. The fraction of sp³-hybridized carbons (Fsp3) is 0.481. The molecule has 39 heavy (non-hydrogen) atoms. The lowest BCUT2D eigenvalue weighted by atomic mass is 9.86. The molecule has 2 aliphatic rings. The van der Waals surface area contributed by atoms with Gasteiger partial charge in [-0.05, 0) is 67.7 Å². The van der Waals surface area contributed by atoms with Crippen molar-refractivity contribution >= 4 is 29.1 Å². The lowest BCUT2D eigenvalue weighted by molar-refractivity contribution is -0.348. The molecule has 0 heterocycles. The molecule has 2 aromatic rings. The highest BCUT2D eigenvalue weighted by atomic mass is 35.5. The SMILES string of the molecule is Cc1cc(C(F)(C(F)(F)F)C(F)(F)F)ccc1NC(=O)c1cccc(Cl)c1C(=O)NCCC12CCCCC1C2. The van der Waals surface area contributed by atoms with Crippen molar-refractivity contribution in [1.29, 1.82) is 0 Å². The van der Waals surface area contributed by atoms with Gasteiger partial charge in [0.25, 0.3) is 11.8 Å². The zero-order chi connectivity index (χ0) is 28.8. The Kier molecular flexibility index (Phi) is 7.70. The van der Waals surface area contributed by atoms with Gasteiger partial charge < -0.3 is 10.6 Å². The smallest absolute Gasteiger partial charge is 0.352 e. The summed E-state index contributed by atoms with van der Waals surface area (Å²) in [6.07, 6.45) is -5.85. The number of carbonyl (C=O) groups is 2. The summed E-state index contributed by atoms with van der Waals surface area (Å²) < 4.78 is 93.1. The van der Waals surface area contributed by atoms with Crippen LogP contribution in [0.3, 0.4) is 0 Å². The van der Waals surface area contributed by atoms with Gasteiger partial charge in [-0.15, -0.1) is 0 Å². The van der Waals surface area contributed by atoms with E-state index in [1.807, 2.05) is 0 Å². The Hall–Kier alpha value is -2.82. The molecule has 12 heteroatoms. The van der Waals surface area contributed by atoms with Gasteiger partial charge in [-0.25, -0.2) is 4.39 Å². The zero-order valence-electron chi connectivity index (χ0n) is 20.8. The fourth-order valence-corrected chi connectivity index (χ4v) is 5.86. The molecule has 0 spiro atoms. The second-order valence-electron chi connectivity index (χ2n) is 10.3. The molecule has 2 amide bonds. The van der Waals surface area contributed by atoms with Crippen LogP contribution in [0.4, 0.5) is 36.4 Å². The van der Waals surface area contributed by atoms with Crippen molar-refractivity contribution in [3.05, 3.63) is 63.7 Å². The van der Waals surface area contributed by atoms with E-state index in [1.54, 1.807) is 0 Å². The van der Waals surface area contributed by atoms with Crippen LogP contribution in [-0.4, -0.2) is 30.7 Å². The maximum Gasteiger partial charge on any atom is 0.435 e. The van der Waals surface area contributed by atoms with Crippen LogP contribution in [0, 0.1) is 18.3 Å². The summed E-state index contributed by atoms with van der Waals surface area (Å²) in [4.78, 5) is 26.0. The standard InChI is InChI=1S/C27H26ClF7N2O2/c1-15-13-16(25(29,26(30,31)32)27(33,34)35)8-9-20(15)37-22(38)18-6-4-7-19(28)21(18)23(39)36-12-11-24-10-3-2-5-17(24)14-24/h4,6-9,13,17H,2-3,5,10-12,14H2,1H3,(H,36,39)(H,37,38). The van der Waals surface area contributed by atoms with E-state index in [-0.39, 0.29) is 32.8 Å².